The van der Waals surface area contributed by atoms with Crippen LogP contribution in [0.2, 0.25) is 0 Å². The van der Waals surface area contributed by atoms with Crippen molar-refractivity contribution in [2.45, 2.75) is 59.1 Å². The topological polar surface area (TPSA) is 35.9 Å². The third-order valence-corrected chi connectivity index (χ3v) is 5.08. The van der Waals surface area contributed by atoms with E-state index < -0.39 is 6.10 Å². The first-order chi connectivity index (χ1) is 11.7. The fourth-order valence-corrected chi connectivity index (χ4v) is 3.28. The average molecular weight is 349 g/mol. The van der Waals surface area contributed by atoms with Crippen LogP contribution in [0.3, 0.4) is 0 Å². The molecule has 0 aliphatic carbocycles. The van der Waals surface area contributed by atoms with Crippen LogP contribution in [-0.2, 0) is 5.41 Å². The predicted molar refractivity (Wildman–Crippen MR) is 105 cm³/mol. The summed E-state index contributed by atoms with van der Waals surface area (Å²) in [5, 5.41) is 10.3. The van der Waals surface area contributed by atoms with Gasteiger partial charge in [-0.3, -0.25) is 9.80 Å². The number of aliphatic hydroxyl groups is 1. The maximum Gasteiger partial charge on any atom is 0.122 e. The Bertz CT molecular complexity index is 543. The number of hydrogen-bond acceptors (Lipinski definition) is 4. The summed E-state index contributed by atoms with van der Waals surface area (Å²) in [7, 11) is 0. The quantitative estimate of drug-likeness (QED) is 0.857. The molecule has 0 saturated carbocycles. The zero-order valence-corrected chi connectivity index (χ0v) is 16.9. The van der Waals surface area contributed by atoms with Gasteiger partial charge in [0.05, 0.1) is 0 Å². The fraction of sp³-hybridized carbons (Fsp3) is 0.714. The molecule has 0 spiro atoms. The molecule has 1 atom stereocenters. The maximum absolute atomic E-state index is 10.3. The van der Waals surface area contributed by atoms with Crippen LogP contribution >= 0.6 is 0 Å². The molecule has 4 nitrogen and oxygen atoms in total. The van der Waals surface area contributed by atoms with Gasteiger partial charge in [0.2, 0.25) is 0 Å². The van der Waals surface area contributed by atoms with Crippen LogP contribution in [-0.4, -0.2) is 66.4 Å². The van der Waals surface area contributed by atoms with Crippen LogP contribution in [0.5, 0.6) is 5.75 Å². The van der Waals surface area contributed by atoms with Crippen molar-refractivity contribution in [3.05, 3.63) is 29.3 Å². The van der Waals surface area contributed by atoms with E-state index in [2.05, 4.69) is 63.5 Å². The summed E-state index contributed by atoms with van der Waals surface area (Å²) in [4.78, 5) is 4.82. The summed E-state index contributed by atoms with van der Waals surface area (Å²) in [6.45, 7) is 18.4. The number of aryl methyl sites for hydroxylation is 1. The highest BCUT2D eigenvalue weighted by Gasteiger charge is 2.21. The van der Waals surface area contributed by atoms with Crippen molar-refractivity contribution in [3.8, 4) is 5.75 Å². The van der Waals surface area contributed by atoms with Gasteiger partial charge in [-0.1, -0.05) is 32.9 Å². The van der Waals surface area contributed by atoms with Crippen molar-refractivity contribution in [3.63, 3.8) is 0 Å². The fourth-order valence-electron chi connectivity index (χ4n) is 3.28. The van der Waals surface area contributed by atoms with Gasteiger partial charge >= 0.3 is 0 Å². The van der Waals surface area contributed by atoms with E-state index in [0.29, 0.717) is 19.2 Å². The molecule has 1 aliphatic rings. The Morgan fingerprint density at radius 2 is 1.76 bits per heavy atom. The second kappa shape index (κ2) is 8.52. The highest BCUT2D eigenvalue weighted by molar-refractivity contribution is 5.38. The molecule has 0 aromatic heterocycles. The molecular weight excluding hydrogens is 312 g/mol. The third kappa shape index (κ3) is 5.98. The molecule has 1 unspecified atom stereocenters. The van der Waals surface area contributed by atoms with Gasteiger partial charge in [0.1, 0.15) is 18.5 Å². The van der Waals surface area contributed by atoms with Crippen molar-refractivity contribution < 1.29 is 9.84 Å². The number of benzene rings is 1. The van der Waals surface area contributed by atoms with E-state index in [9.17, 15) is 5.11 Å². The summed E-state index contributed by atoms with van der Waals surface area (Å²) in [6, 6.07) is 6.95. The number of nitrogens with zero attached hydrogens (tertiary/aromatic N) is 2. The van der Waals surface area contributed by atoms with Crippen LogP contribution in [0.1, 0.15) is 45.7 Å². The van der Waals surface area contributed by atoms with E-state index >= 15 is 0 Å². The van der Waals surface area contributed by atoms with E-state index in [1.165, 1.54) is 5.56 Å². The predicted octanol–water partition coefficient (Wildman–Crippen LogP) is 3.06. The lowest BCUT2D eigenvalue weighted by atomic mass is 9.86. The first-order valence-electron chi connectivity index (χ1n) is 9.55. The van der Waals surface area contributed by atoms with E-state index in [1.807, 2.05) is 6.07 Å². The Labute approximate surface area is 153 Å². The summed E-state index contributed by atoms with van der Waals surface area (Å²) >= 11 is 0. The van der Waals surface area contributed by atoms with Gasteiger partial charge in [0.25, 0.3) is 0 Å². The lowest BCUT2D eigenvalue weighted by molar-refractivity contribution is 0.0399. The summed E-state index contributed by atoms with van der Waals surface area (Å²) < 4.78 is 5.88. The van der Waals surface area contributed by atoms with Crippen molar-refractivity contribution in [1.29, 1.82) is 0 Å². The third-order valence-electron chi connectivity index (χ3n) is 5.08. The van der Waals surface area contributed by atoms with Gasteiger partial charge in [-0.25, -0.2) is 0 Å². The molecule has 0 amide bonds. The van der Waals surface area contributed by atoms with Gasteiger partial charge in [-0.2, -0.15) is 0 Å². The van der Waals surface area contributed by atoms with Crippen molar-refractivity contribution >= 4 is 0 Å². The van der Waals surface area contributed by atoms with Gasteiger partial charge in [0.15, 0.2) is 0 Å². The minimum Gasteiger partial charge on any atom is -0.491 e. The van der Waals surface area contributed by atoms with Gasteiger partial charge in [0, 0.05) is 38.8 Å². The Kier molecular flexibility index (Phi) is 6.89. The minimum atomic E-state index is -0.452. The Balaban J connectivity index is 1.80. The zero-order valence-electron chi connectivity index (χ0n) is 16.9. The van der Waals surface area contributed by atoms with E-state index in [-0.39, 0.29) is 5.41 Å². The lowest BCUT2D eigenvalue weighted by Crippen LogP contribution is -2.51. The molecule has 25 heavy (non-hydrogen) atoms. The van der Waals surface area contributed by atoms with E-state index in [0.717, 1.165) is 37.5 Å². The van der Waals surface area contributed by atoms with Crippen LogP contribution in [0.15, 0.2) is 18.2 Å². The van der Waals surface area contributed by atoms with Crippen LogP contribution < -0.4 is 4.74 Å². The Morgan fingerprint density at radius 1 is 1.12 bits per heavy atom. The molecule has 1 fully saturated rings. The molecule has 1 saturated heterocycles. The number of rotatable bonds is 6. The summed E-state index contributed by atoms with van der Waals surface area (Å²) in [5.41, 5.74) is 2.58. The summed E-state index contributed by atoms with van der Waals surface area (Å²) in [6.07, 6.45) is -0.452. The Hall–Kier alpha value is -1.10. The first kappa shape index (κ1) is 20.2. The first-order valence-corrected chi connectivity index (χ1v) is 9.55. The normalized spacial score (nSPS) is 18.6. The number of hydrogen-bond donors (Lipinski definition) is 1. The van der Waals surface area contributed by atoms with E-state index in [4.69, 9.17) is 4.74 Å². The molecular formula is C21H36N2O2. The molecule has 1 aliphatic heterocycles. The molecule has 142 valence electrons. The molecule has 1 aromatic rings. The molecule has 1 aromatic carbocycles. The highest BCUT2D eigenvalue weighted by Crippen LogP contribution is 2.27. The van der Waals surface area contributed by atoms with Gasteiger partial charge in [-0.05, 0) is 43.4 Å². The van der Waals surface area contributed by atoms with Gasteiger partial charge < -0.3 is 9.84 Å². The molecule has 1 N–H and O–H groups in total. The maximum atomic E-state index is 10.3. The van der Waals surface area contributed by atoms with Crippen molar-refractivity contribution in [2.75, 3.05) is 39.3 Å². The second-order valence-corrected chi connectivity index (χ2v) is 8.63. The van der Waals surface area contributed by atoms with Gasteiger partial charge in [-0.15, -0.1) is 0 Å². The largest absolute Gasteiger partial charge is 0.491 e. The highest BCUT2D eigenvalue weighted by atomic mass is 16.5. The number of β-amino-alcohol motifs (C(OH)–C–C–N with tert-alkyl or cyclic N) is 1. The standard InChI is InChI=1S/C21H36N2O2/c1-16(2)23-11-9-22(10-12-23)14-19(24)15-25-20-8-7-18(13-17(20)3)21(4,5)6/h7-8,13,16,19,24H,9-12,14-15H2,1-6H3. The molecule has 0 bridgehead atoms. The van der Waals surface area contributed by atoms with E-state index in [1.54, 1.807) is 0 Å². The number of aliphatic hydroxyl groups excluding tert-OH is 1. The smallest absolute Gasteiger partial charge is 0.122 e. The second-order valence-electron chi connectivity index (χ2n) is 8.63. The monoisotopic (exact) mass is 348 g/mol. The van der Waals surface area contributed by atoms with Crippen LogP contribution in [0, 0.1) is 6.92 Å². The average Bonchev–Trinajstić information content (AvgIpc) is 2.53. The number of piperazine rings is 1. The number of ether oxygens (including phenoxy) is 1. The SMILES string of the molecule is Cc1cc(C(C)(C)C)ccc1OCC(O)CN1CCN(C(C)C)CC1. The van der Waals surface area contributed by atoms with Crippen molar-refractivity contribution in [2.24, 2.45) is 0 Å². The van der Waals surface area contributed by atoms with Crippen LogP contribution in [0.4, 0.5) is 0 Å². The zero-order chi connectivity index (χ0) is 18.6. The Morgan fingerprint density at radius 3 is 2.28 bits per heavy atom. The molecule has 4 heteroatoms. The lowest BCUT2D eigenvalue weighted by Gasteiger charge is -2.37. The van der Waals surface area contributed by atoms with Crippen molar-refractivity contribution in [1.82, 2.24) is 9.80 Å². The molecule has 2 rings (SSSR count). The molecule has 0 radical (unpaired) electrons. The minimum absolute atomic E-state index is 0.140. The van der Waals surface area contributed by atoms with Crippen LogP contribution in [0.25, 0.3) is 0 Å². The molecule has 1 heterocycles. The summed E-state index contributed by atoms with van der Waals surface area (Å²) in [5.74, 6) is 0.872.